The minimum Gasteiger partial charge on any atom is -0.492 e. The lowest BCUT2D eigenvalue weighted by Crippen LogP contribution is -2.24. The van der Waals surface area contributed by atoms with Gasteiger partial charge in [0.15, 0.2) is 11.6 Å². The molecule has 0 aromatic heterocycles. The minimum absolute atomic E-state index is 0.110. The highest BCUT2D eigenvalue weighted by molar-refractivity contribution is 6.05. The number of ketones is 2. The fourth-order valence-corrected chi connectivity index (χ4v) is 4.81. The van der Waals surface area contributed by atoms with Crippen molar-refractivity contribution in [2.75, 3.05) is 26.2 Å². The number of fused-ring (bicyclic) bond motifs is 2. The lowest BCUT2D eigenvalue weighted by atomic mass is 9.97. The summed E-state index contributed by atoms with van der Waals surface area (Å²) in [6.07, 6.45) is 3.25. The maximum absolute atomic E-state index is 12.9. The number of carbonyl (C=O) groups excluding carboxylic acids is 2. The Bertz CT molecular complexity index is 1120. The SMILES string of the molecule is O=C(CCN1CCC(Cc2ccccc2)C1)c1ccc2cc3c(cc2c1)C(=O)CCO3. The van der Waals surface area contributed by atoms with Gasteiger partial charge in [0.25, 0.3) is 0 Å². The van der Waals surface area contributed by atoms with E-state index in [0.29, 0.717) is 36.7 Å². The van der Waals surface area contributed by atoms with Gasteiger partial charge in [-0.05, 0) is 59.8 Å². The van der Waals surface area contributed by atoms with Crippen molar-refractivity contribution in [1.82, 2.24) is 4.90 Å². The first-order valence-corrected chi connectivity index (χ1v) is 11.2. The zero-order valence-electron chi connectivity index (χ0n) is 17.7. The van der Waals surface area contributed by atoms with Gasteiger partial charge in [-0.3, -0.25) is 9.59 Å². The van der Waals surface area contributed by atoms with Gasteiger partial charge in [0.05, 0.1) is 12.2 Å². The Balaban J connectivity index is 1.21. The van der Waals surface area contributed by atoms with E-state index < -0.39 is 0 Å². The van der Waals surface area contributed by atoms with Crippen LogP contribution in [0.25, 0.3) is 10.8 Å². The van der Waals surface area contributed by atoms with Crippen molar-refractivity contribution in [1.29, 1.82) is 0 Å². The highest BCUT2D eigenvalue weighted by Crippen LogP contribution is 2.31. The Morgan fingerprint density at radius 3 is 2.77 bits per heavy atom. The summed E-state index contributed by atoms with van der Waals surface area (Å²) in [6.45, 7) is 3.38. The summed E-state index contributed by atoms with van der Waals surface area (Å²) in [6, 6.07) is 20.2. The molecule has 0 bridgehead atoms. The smallest absolute Gasteiger partial charge is 0.170 e. The van der Waals surface area contributed by atoms with Crippen LogP contribution in [0.3, 0.4) is 0 Å². The number of ether oxygens (including phenoxy) is 1. The van der Waals surface area contributed by atoms with Crippen LogP contribution in [0, 0.1) is 5.92 Å². The largest absolute Gasteiger partial charge is 0.492 e. The second kappa shape index (κ2) is 8.64. The van der Waals surface area contributed by atoms with E-state index in [0.717, 1.165) is 42.4 Å². The molecule has 3 aromatic carbocycles. The molecule has 1 fully saturated rings. The normalized spacial score (nSPS) is 18.7. The van der Waals surface area contributed by atoms with E-state index >= 15 is 0 Å². The number of hydrogen-bond donors (Lipinski definition) is 0. The van der Waals surface area contributed by atoms with E-state index in [2.05, 4.69) is 35.2 Å². The van der Waals surface area contributed by atoms with Crippen molar-refractivity contribution in [2.45, 2.75) is 25.7 Å². The first-order chi connectivity index (χ1) is 15.2. The van der Waals surface area contributed by atoms with Crippen molar-refractivity contribution in [2.24, 2.45) is 5.92 Å². The van der Waals surface area contributed by atoms with Gasteiger partial charge in [0.1, 0.15) is 5.75 Å². The Hall–Kier alpha value is -2.98. The second-order valence-electron chi connectivity index (χ2n) is 8.75. The molecule has 0 amide bonds. The van der Waals surface area contributed by atoms with Crippen LogP contribution in [0.15, 0.2) is 60.7 Å². The Morgan fingerprint density at radius 2 is 1.90 bits per heavy atom. The van der Waals surface area contributed by atoms with E-state index in [1.807, 2.05) is 30.3 Å². The van der Waals surface area contributed by atoms with Crippen LogP contribution < -0.4 is 4.74 Å². The third-order valence-corrected chi connectivity index (χ3v) is 6.54. The van der Waals surface area contributed by atoms with Crippen LogP contribution in [0.4, 0.5) is 0 Å². The molecular weight excluding hydrogens is 386 g/mol. The molecule has 0 N–H and O–H groups in total. The summed E-state index contributed by atoms with van der Waals surface area (Å²) < 4.78 is 5.63. The topological polar surface area (TPSA) is 46.6 Å². The average molecular weight is 414 g/mol. The number of carbonyl (C=O) groups is 2. The number of rotatable bonds is 6. The molecule has 0 saturated carbocycles. The standard InChI is InChI=1S/C27H27NO3/c29-25(9-12-28-11-8-20(18-28)14-19-4-2-1-3-5-19)22-7-6-21-17-27-24(16-23(21)15-22)26(30)10-13-31-27/h1-7,15-17,20H,8-14,18H2. The van der Waals surface area contributed by atoms with Crippen molar-refractivity contribution >= 4 is 22.3 Å². The summed E-state index contributed by atoms with van der Waals surface area (Å²) >= 11 is 0. The van der Waals surface area contributed by atoms with Crippen molar-refractivity contribution in [3.8, 4) is 5.75 Å². The fourth-order valence-electron chi connectivity index (χ4n) is 4.81. The molecule has 158 valence electrons. The number of benzene rings is 3. The third-order valence-electron chi connectivity index (χ3n) is 6.54. The van der Waals surface area contributed by atoms with Gasteiger partial charge >= 0.3 is 0 Å². The van der Waals surface area contributed by atoms with Crippen molar-refractivity contribution < 1.29 is 14.3 Å². The number of nitrogens with zero attached hydrogens (tertiary/aromatic N) is 1. The van der Waals surface area contributed by atoms with E-state index in [1.54, 1.807) is 0 Å². The summed E-state index contributed by atoms with van der Waals surface area (Å²) in [5.74, 6) is 1.60. The Labute approximate surface area is 182 Å². The minimum atomic E-state index is 0.110. The quantitative estimate of drug-likeness (QED) is 0.537. The molecule has 2 aliphatic heterocycles. The molecular formula is C27H27NO3. The monoisotopic (exact) mass is 413 g/mol. The van der Waals surface area contributed by atoms with Gasteiger partial charge in [-0.2, -0.15) is 0 Å². The zero-order chi connectivity index (χ0) is 21.2. The molecule has 5 rings (SSSR count). The van der Waals surface area contributed by atoms with Crippen LogP contribution in [0.5, 0.6) is 5.75 Å². The van der Waals surface area contributed by atoms with E-state index in [4.69, 9.17) is 4.74 Å². The summed E-state index contributed by atoms with van der Waals surface area (Å²) in [4.78, 5) is 27.5. The number of hydrogen-bond acceptors (Lipinski definition) is 4. The van der Waals surface area contributed by atoms with Crippen LogP contribution >= 0.6 is 0 Å². The predicted octanol–water partition coefficient (Wildman–Crippen LogP) is 4.94. The molecule has 2 aliphatic rings. The highest BCUT2D eigenvalue weighted by Gasteiger charge is 2.23. The summed E-state index contributed by atoms with van der Waals surface area (Å²) in [5.41, 5.74) is 2.74. The molecule has 4 nitrogen and oxygen atoms in total. The second-order valence-corrected chi connectivity index (χ2v) is 8.75. The molecule has 1 atom stereocenters. The highest BCUT2D eigenvalue weighted by atomic mass is 16.5. The van der Waals surface area contributed by atoms with E-state index in [-0.39, 0.29) is 11.6 Å². The third kappa shape index (κ3) is 4.40. The van der Waals surface area contributed by atoms with Crippen LogP contribution in [0.2, 0.25) is 0 Å². The molecule has 1 saturated heterocycles. The number of Topliss-reactive ketones (excluding diaryl/α,β-unsaturated/α-hetero) is 2. The van der Waals surface area contributed by atoms with E-state index in [1.165, 1.54) is 12.0 Å². The average Bonchev–Trinajstić information content (AvgIpc) is 3.24. The van der Waals surface area contributed by atoms with Gasteiger partial charge in [0.2, 0.25) is 0 Å². The van der Waals surface area contributed by atoms with Gasteiger partial charge < -0.3 is 9.64 Å². The van der Waals surface area contributed by atoms with Crippen molar-refractivity contribution in [3.05, 3.63) is 77.4 Å². The molecule has 3 aromatic rings. The van der Waals surface area contributed by atoms with Crippen LogP contribution in [-0.4, -0.2) is 42.7 Å². The van der Waals surface area contributed by atoms with Gasteiger partial charge in [-0.1, -0.05) is 42.5 Å². The number of likely N-dealkylation sites (tertiary alicyclic amines) is 1. The Morgan fingerprint density at radius 1 is 1.03 bits per heavy atom. The Kier molecular flexibility index (Phi) is 5.56. The first kappa shape index (κ1) is 20.0. The molecule has 2 heterocycles. The van der Waals surface area contributed by atoms with Crippen LogP contribution in [-0.2, 0) is 6.42 Å². The summed E-state index contributed by atoms with van der Waals surface area (Å²) in [7, 11) is 0. The molecule has 1 unspecified atom stereocenters. The zero-order valence-corrected chi connectivity index (χ0v) is 17.7. The molecule has 31 heavy (non-hydrogen) atoms. The van der Waals surface area contributed by atoms with E-state index in [9.17, 15) is 9.59 Å². The molecule has 0 spiro atoms. The predicted molar refractivity (Wildman–Crippen MR) is 122 cm³/mol. The lowest BCUT2D eigenvalue weighted by molar-refractivity contribution is 0.0932. The molecule has 4 heteroatoms. The maximum atomic E-state index is 12.9. The summed E-state index contributed by atoms with van der Waals surface area (Å²) in [5, 5.41) is 1.92. The molecule has 0 aliphatic carbocycles. The fraction of sp³-hybridized carbons (Fsp3) is 0.333. The van der Waals surface area contributed by atoms with Crippen molar-refractivity contribution in [3.63, 3.8) is 0 Å². The van der Waals surface area contributed by atoms with Crippen LogP contribution in [0.1, 0.15) is 45.5 Å². The van der Waals surface area contributed by atoms with Gasteiger partial charge in [-0.15, -0.1) is 0 Å². The lowest BCUT2D eigenvalue weighted by Gasteiger charge is -2.17. The first-order valence-electron chi connectivity index (χ1n) is 11.2. The van der Waals surface area contributed by atoms with Gasteiger partial charge in [0, 0.05) is 31.5 Å². The molecule has 0 radical (unpaired) electrons. The van der Waals surface area contributed by atoms with Gasteiger partial charge in [-0.25, -0.2) is 0 Å². The maximum Gasteiger partial charge on any atom is 0.170 e.